The molecule has 0 radical (unpaired) electrons. The van der Waals surface area contributed by atoms with Crippen LogP contribution in [0.25, 0.3) is 16.6 Å². The number of hydrogen-bond donors (Lipinski definition) is 2. The summed E-state index contributed by atoms with van der Waals surface area (Å²) in [7, 11) is 4.50. The minimum atomic E-state index is -0.377. The number of ether oxygens (including phenoxy) is 3. The van der Waals surface area contributed by atoms with E-state index in [9.17, 15) is 9.59 Å². The van der Waals surface area contributed by atoms with Crippen molar-refractivity contribution in [2.45, 2.75) is 0 Å². The lowest BCUT2D eigenvalue weighted by molar-refractivity contribution is 0.102. The van der Waals surface area contributed by atoms with Crippen LogP contribution in [0.15, 0.2) is 65.5 Å². The van der Waals surface area contributed by atoms with E-state index in [2.05, 4.69) is 10.3 Å². The number of anilines is 1. The summed E-state index contributed by atoms with van der Waals surface area (Å²) in [5, 5.41) is 3.23. The molecule has 4 aromatic rings. The van der Waals surface area contributed by atoms with Crippen molar-refractivity contribution in [2.24, 2.45) is 0 Å². The van der Waals surface area contributed by atoms with Gasteiger partial charge in [-0.3, -0.25) is 14.2 Å². The quantitative estimate of drug-likeness (QED) is 0.414. The van der Waals surface area contributed by atoms with E-state index in [-0.39, 0.29) is 16.2 Å². The first-order valence-corrected chi connectivity index (χ1v) is 10.3. The fourth-order valence-electron chi connectivity index (χ4n) is 3.53. The first-order valence-electron chi connectivity index (χ1n) is 9.92. The highest BCUT2D eigenvalue weighted by Gasteiger charge is 2.16. The number of carbonyl (C=O) groups excluding carboxylic acids is 1. The minimum Gasteiger partial charge on any atom is -0.493 e. The van der Waals surface area contributed by atoms with Gasteiger partial charge in [0.1, 0.15) is 0 Å². The number of hydrogen-bond acceptors (Lipinski definition) is 6. The van der Waals surface area contributed by atoms with Gasteiger partial charge in [0, 0.05) is 23.4 Å². The number of nitrogens with zero attached hydrogens (tertiary/aromatic N) is 1. The topological polar surface area (TPSA) is 94.6 Å². The highest BCUT2D eigenvalue weighted by atomic mass is 32.1. The monoisotopic (exact) mass is 463 g/mol. The average molecular weight is 464 g/mol. The van der Waals surface area contributed by atoms with Crippen LogP contribution in [0.4, 0.5) is 5.69 Å². The maximum Gasteiger partial charge on any atom is 0.266 e. The number of rotatable bonds is 6. The number of aromatic amines is 1. The third kappa shape index (κ3) is 4.18. The van der Waals surface area contributed by atoms with Crippen LogP contribution in [0.2, 0.25) is 0 Å². The van der Waals surface area contributed by atoms with Crippen molar-refractivity contribution in [2.75, 3.05) is 26.6 Å². The van der Waals surface area contributed by atoms with Crippen LogP contribution in [0.1, 0.15) is 10.4 Å². The van der Waals surface area contributed by atoms with Gasteiger partial charge in [-0.25, -0.2) is 0 Å². The lowest BCUT2D eigenvalue weighted by Crippen LogP contribution is -2.21. The van der Waals surface area contributed by atoms with Crippen LogP contribution in [-0.4, -0.2) is 36.8 Å². The minimum absolute atomic E-state index is 0.237. The van der Waals surface area contributed by atoms with Crippen molar-refractivity contribution < 1.29 is 19.0 Å². The summed E-state index contributed by atoms with van der Waals surface area (Å²) in [6.45, 7) is 0. The Hall–Kier alpha value is -4.11. The van der Waals surface area contributed by atoms with Crippen molar-refractivity contribution in [3.05, 3.63) is 81.4 Å². The van der Waals surface area contributed by atoms with Crippen LogP contribution in [0, 0.1) is 4.77 Å². The lowest BCUT2D eigenvalue weighted by atomic mass is 10.1. The second kappa shape index (κ2) is 9.17. The van der Waals surface area contributed by atoms with Gasteiger partial charge in [-0.1, -0.05) is 18.2 Å². The first-order chi connectivity index (χ1) is 16.0. The Morgan fingerprint density at radius 2 is 1.61 bits per heavy atom. The van der Waals surface area contributed by atoms with Gasteiger partial charge in [0.25, 0.3) is 11.5 Å². The number of amides is 1. The van der Waals surface area contributed by atoms with Gasteiger partial charge in [-0.15, -0.1) is 0 Å². The van der Waals surface area contributed by atoms with Crippen molar-refractivity contribution in [1.82, 2.24) is 9.55 Å². The Kier molecular flexibility index (Phi) is 6.14. The Balaban J connectivity index is 1.71. The fourth-order valence-corrected chi connectivity index (χ4v) is 3.83. The van der Waals surface area contributed by atoms with E-state index in [4.69, 9.17) is 26.4 Å². The maximum absolute atomic E-state index is 13.1. The third-order valence-electron chi connectivity index (χ3n) is 5.10. The van der Waals surface area contributed by atoms with E-state index in [1.165, 1.54) is 25.9 Å². The number of carbonyl (C=O) groups is 1. The molecule has 33 heavy (non-hydrogen) atoms. The zero-order valence-electron chi connectivity index (χ0n) is 18.2. The molecule has 0 unspecified atom stereocenters. The summed E-state index contributed by atoms with van der Waals surface area (Å²) < 4.78 is 17.6. The van der Waals surface area contributed by atoms with Gasteiger partial charge in [0.2, 0.25) is 5.75 Å². The summed E-state index contributed by atoms with van der Waals surface area (Å²) in [5.74, 6) is 0.871. The van der Waals surface area contributed by atoms with Crippen LogP contribution >= 0.6 is 12.2 Å². The second-order valence-corrected chi connectivity index (χ2v) is 7.42. The van der Waals surface area contributed by atoms with E-state index >= 15 is 0 Å². The van der Waals surface area contributed by atoms with Gasteiger partial charge >= 0.3 is 0 Å². The lowest BCUT2D eigenvalue weighted by Gasteiger charge is -2.15. The Morgan fingerprint density at radius 3 is 2.21 bits per heavy atom. The van der Waals surface area contributed by atoms with Gasteiger partial charge in [0.05, 0.1) is 37.9 Å². The van der Waals surface area contributed by atoms with Crippen LogP contribution in [0.5, 0.6) is 17.2 Å². The van der Waals surface area contributed by atoms with Crippen LogP contribution < -0.4 is 25.1 Å². The molecule has 0 spiro atoms. The molecule has 2 N–H and O–H groups in total. The van der Waals surface area contributed by atoms with Crippen molar-refractivity contribution in [3.8, 4) is 22.9 Å². The molecule has 8 nitrogen and oxygen atoms in total. The summed E-state index contributed by atoms with van der Waals surface area (Å²) in [6, 6.07) is 17.2. The molecular formula is C24H21N3O5S. The number of para-hydroxylation sites is 1. The molecule has 0 saturated carbocycles. The smallest absolute Gasteiger partial charge is 0.266 e. The third-order valence-corrected chi connectivity index (χ3v) is 5.38. The molecule has 0 bridgehead atoms. The van der Waals surface area contributed by atoms with Crippen LogP contribution in [-0.2, 0) is 0 Å². The standard InChI is InChI=1S/C24H21N3O5S/c1-30-19-12-15(13-20(31-2)21(19)32-3)25-22(28)14-9-10-17-18(11-14)26-24(33)27(23(17)29)16-7-5-4-6-8-16/h4-13H,1-3H3,(H,25,28)(H,26,33). The van der Waals surface area contributed by atoms with Gasteiger partial charge in [-0.05, 0) is 42.5 Å². The number of H-pyrrole nitrogens is 1. The summed E-state index contributed by atoms with van der Waals surface area (Å²) in [5.41, 5.74) is 1.67. The fraction of sp³-hybridized carbons (Fsp3) is 0.125. The van der Waals surface area contributed by atoms with Gasteiger partial charge in [0.15, 0.2) is 16.3 Å². The molecule has 0 aliphatic heterocycles. The molecule has 4 rings (SSSR count). The Labute approximate surface area is 194 Å². The molecule has 3 aromatic carbocycles. The maximum atomic E-state index is 13.1. The van der Waals surface area contributed by atoms with Gasteiger partial charge in [-0.2, -0.15) is 0 Å². The van der Waals surface area contributed by atoms with Crippen molar-refractivity contribution in [1.29, 1.82) is 0 Å². The number of benzene rings is 3. The van der Waals surface area contributed by atoms with E-state index in [0.717, 1.165) is 0 Å². The number of aromatic nitrogens is 2. The Morgan fingerprint density at radius 1 is 0.939 bits per heavy atom. The molecule has 168 valence electrons. The molecule has 0 aliphatic rings. The molecule has 1 amide bonds. The Bertz CT molecular complexity index is 1440. The summed E-state index contributed by atoms with van der Waals surface area (Å²) in [4.78, 5) is 29.0. The largest absolute Gasteiger partial charge is 0.493 e. The number of fused-ring (bicyclic) bond motifs is 1. The van der Waals surface area contributed by atoms with Crippen molar-refractivity contribution in [3.63, 3.8) is 0 Å². The molecule has 0 fully saturated rings. The molecule has 0 atom stereocenters. The molecule has 1 heterocycles. The van der Waals surface area contributed by atoms with E-state index in [1.807, 2.05) is 18.2 Å². The van der Waals surface area contributed by atoms with Crippen LogP contribution in [0.3, 0.4) is 0 Å². The highest BCUT2D eigenvalue weighted by Crippen LogP contribution is 2.40. The normalized spacial score (nSPS) is 10.6. The predicted octanol–water partition coefficient (Wildman–Crippen LogP) is 4.33. The SMILES string of the molecule is COc1cc(NC(=O)c2ccc3c(=O)n(-c4ccccc4)c(=S)[nH]c3c2)cc(OC)c1OC. The molecule has 0 aliphatic carbocycles. The number of nitrogens with one attached hydrogen (secondary N) is 2. The number of methoxy groups -OCH3 is 3. The average Bonchev–Trinajstić information content (AvgIpc) is 2.83. The second-order valence-electron chi connectivity index (χ2n) is 7.03. The first kappa shape index (κ1) is 22.1. The predicted molar refractivity (Wildman–Crippen MR) is 129 cm³/mol. The van der Waals surface area contributed by atoms with Gasteiger partial charge < -0.3 is 24.5 Å². The van der Waals surface area contributed by atoms with E-state index in [0.29, 0.717) is 45.1 Å². The molecule has 9 heteroatoms. The summed E-state index contributed by atoms with van der Waals surface area (Å²) >= 11 is 5.41. The molecule has 1 aromatic heterocycles. The zero-order chi connectivity index (χ0) is 23.5. The van der Waals surface area contributed by atoms with E-state index in [1.54, 1.807) is 42.5 Å². The van der Waals surface area contributed by atoms with E-state index < -0.39 is 0 Å². The molecule has 0 saturated heterocycles. The molecular weight excluding hydrogens is 442 g/mol. The highest BCUT2D eigenvalue weighted by molar-refractivity contribution is 7.71. The summed E-state index contributed by atoms with van der Waals surface area (Å²) in [6.07, 6.45) is 0. The zero-order valence-corrected chi connectivity index (χ0v) is 19.0. The van der Waals surface area contributed by atoms with Crippen molar-refractivity contribution >= 4 is 34.7 Å².